The van der Waals surface area contributed by atoms with Crippen LogP contribution in [0.1, 0.15) is 18.4 Å². The smallest absolute Gasteiger partial charge is 0.263 e. The van der Waals surface area contributed by atoms with Crippen LogP contribution in [0.2, 0.25) is 0 Å². The van der Waals surface area contributed by atoms with Gasteiger partial charge in [0, 0.05) is 26.2 Å². The first-order valence-corrected chi connectivity index (χ1v) is 10.5. The zero-order chi connectivity index (χ0) is 20.9. The van der Waals surface area contributed by atoms with Gasteiger partial charge in [-0.15, -0.1) is 11.3 Å². The van der Waals surface area contributed by atoms with Gasteiger partial charge in [-0.1, -0.05) is 17.3 Å². The molecule has 154 valence electrons. The predicted molar refractivity (Wildman–Crippen MR) is 111 cm³/mol. The van der Waals surface area contributed by atoms with Gasteiger partial charge in [0.1, 0.15) is 5.75 Å². The van der Waals surface area contributed by atoms with Gasteiger partial charge in [0.05, 0.1) is 23.1 Å². The standard InChI is InChI=1S/C21H21N5O3S/c1-15(28-17-5-2-4-16(12-17)13-22)21(27)26-9-7-25(8-10-26)14-19-23-20(24-29-19)18-6-3-11-30-18/h2-6,11-12,15H,7-10,14H2,1H3. The van der Waals surface area contributed by atoms with E-state index in [9.17, 15) is 4.79 Å². The third-order valence-corrected chi connectivity index (χ3v) is 5.74. The van der Waals surface area contributed by atoms with Crippen LogP contribution >= 0.6 is 11.3 Å². The minimum atomic E-state index is -0.616. The molecule has 1 saturated heterocycles. The number of piperazine rings is 1. The second-order valence-electron chi connectivity index (χ2n) is 6.99. The van der Waals surface area contributed by atoms with Crippen LogP contribution in [0.3, 0.4) is 0 Å². The van der Waals surface area contributed by atoms with Crippen LogP contribution in [0.4, 0.5) is 0 Å². The average molecular weight is 423 g/mol. The normalized spacial score (nSPS) is 15.5. The summed E-state index contributed by atoms with van der Waals surface area (Å²) in [5, 5.41) is 15.0. The molecule has 0 saturated carbocycles. The monoisotopic (exact) mass is 423 g/mol. The Morgan fingerprint density at radius 3 is 2.87 bits per heavy atom. The molecule has 4 rings (SSSR count). The van der Waals surface area contributed by atoms with Crippen molar-refractivity contribution in [3.63, 3.8) is 0 Å². The maximum atomic E-state index is 12.7. The SMILES string of the molecule is CC(Oc1cccc(C#N)c1)C(=O)N1CCN(Cc2nc(-c3cccs3)no2)CC1. The molecule has 3 heterocycles. The summed E-state index contributed by atoms with van der Waals surface area (Å²) in [6, 6.07) is 12.8. The summed E-state index contributed by atoms with van der Waals surface area (Å²) in [6.45, 7) is 4.96. The van der Waals surface area contributed by atoms with E-state index in [2.05, 4.69) is 21.1 Å². The molecule has 30 heavy (non-hydrogen) atoms. The lowest BCUT2D eigenvalue weighted by atomic mass is 10.2. The summed E-state index contributed by atoms with van der Waals surface area (Å²) in [6.07, 6.45) is -0.616. The van der Waals surface area contributed by atoms with E-state index in [-0.39, 0.29) is 5.91 Å². The Labute approximate surface area is 178 Å². The highest BCUT2D eigenvalue weighted by Crippen LogP contribution is 2.22. The molecule has 0 aliphatic carbocycles. The second kappa shape index (κ2) is 9.07. The summed E-state index contributed by atoms with van der Waals surface area (Å²) < 4.78 is 11.1. The van der Waals surface area contributed by atoms with Crippen LogP contribution in [-0.4, -0.2) is 58.1 Å². The van der Waals surface area contributed by atoms with Crippen LogP contribution in [0.5, 0.6) is 5.75 Å². The fraction of sp³-hybridized carbons (Fsp3) is 0.333. The predicted octanol–water partition coefficient (Wildman–Crippen LogP) is 2.78. The number of benzene rings is 1. The second-order valence-corrected chi connectivity index (χ2v) is 7.94. The number of carbonyl (C=O) groups is 1. The van der Waals surface area contributed by atoms with Crippen molar-refractivity contribution in [1.29, 1.82) is 5.26 Å². The number of thiophene rings is 1. The van der Waals surface area contributed by atoms with Crippen molar-refractivity contribution >= 4 is 17.2 Å². The zero-order valence-corrected chi connectivity index (χ0v) is 17.3. The summed E-state index contributed by atoms with van der Waals surface area (Å²) in [4.78, 5) is 22.2. The van der Waals surface area contributed by atoms with E-state index in [0.29, 0.717) is 42.7 Å². The maximum absolute atomic E-state index is 12.7. The van der Waals surface area contributed by atoms with Crippen LogP contribution in [0.25, 0.3) is 10.7 Å². The molecule has 0 N–H and O–H groups in total. The van der Waals surface area contributed by atoms with E-state index in [4.69, 9.17) is 14.5 Å². The summed E-state index contributed by atoms with van der Waals surface area (Å²) in [5.41, 5.74) is 0.504. The minimum Gasteiger partial charge on any atom is -0.481 e. The summed E-state index contributed by atoms with van der Waals surface area (Å²) >= 11 is 1.57. The van der Waals surface area contributed by atoms with Crippen LogP contribution < -0.4 is 4.74 Å². The van der Waals surface area contributed by atoms with Gasteiger partial charge in [-0.3, -0.25) is 9.69 Å². The molecule has 1 fully saturated rings. The minimum absolute atomic E-state index is 0.0604. The molecule has 1 aromatic carbocycles. The Hall–Kier alpha value is -3.22. The van der Waals surface area contributed by atoms with Crippen molar-refractivity contribution in [3.05, 3.63) is 53.2 Å². The molecule has 1 aliphatic rings. The summed E-state index contributed by atoms with van der Waals surface area (Å²) in [5.74, 6) is 1.65. The Balaban J connectivity index is 1.27. The van der Waals surface area contributed by atoms with E-state index in [1.807, 2.05) is 17.5 Å². The lowest BCUT2D eigenvalue weighted by Crippen LogP contribution is -2.51. The quantitative estimate of drug-likeness (QED) is 0.601. The molecule has 9 heteroatoms. The molecule has 1 unspecified atom stereocenters. The van der Waals surface area contributed by atoms with Gasteiger partial charge >= 0.3 is 0 Å². The van der Waals surface area contributed by atoms with E-state index in [1.165, 1.54) is 0 Å². The molecule has 0 spiro atoms. The third-order valence-electron chi connectivity index (χ3n) is 4.88. The molecule has 8 nitrogen and oxygen atoms in total. The molecule has 0 bridgehead atoms. The fourth-order valence-corrected chi connectivity index (χ4v) is 3.94. The van der Waals surface area contributed by atoms with Gasteiger partial charge in [0.25, 0.3) is 5.91 Å². The molecule has 2 aromatic heterocycles. The molecular formula is C21H21N5O3S. The number of rotatable bonds is 6. The van der Waals surface area contributed by atoms with Crippen molar-refractivity contribution in [2.45, 2.75) is 19.6 Å². The molecule has 0 radical (unpaired) electrons. The highest BCUT2D eigenvalue weighted by atomic mass is 32.1. The number of amides is 1. The first kappa shape index (κ1) is 20.1. The Kier molecular flexibility index (Phi) is 6.07. The van der Waals surface area contributed by atoms with Gasteiger partial charge in [-0.2, -0.15) is 10.2 Å². The number of carbonyl (C=O) groups excluding carboxylic acids is 1. The Morgan fingerprint density at radius 2 is 2.13 bits per heavy atom. The summed E-state index contributed by atoms with van der Waals surface area (Å²) in [7, 11) is 0. The van der Waals surface area contributed by atoms with E-state index < -0.39 is 6.10 Å². The third kappa shape index (κ3) is 4.67. The van der Waals surface area contributed by atoms with E-state index >= 15 is 0 Å². The average Bonchev–Trinajstić information content (AvgIpc) is 3.46. The number of hydrogen-bond acceptors (Lipinski definition) is 8. The molecule has 1 amide bonds. The van der Waals surface area contributed by atoms with Crippen molar-refractivity contribution in [3.8, 4) is 22.5 Å². The van der Waals surface area contributed by atoms with Gasteiger partial charge in [0.2, 0.25) is 11.7 Å². The maximum Gasteiger partial charge on any atom is 0.263 e. The van der Waals surface area contributed by atoms with Crippen LogP contribution in [0, 0.1) is 11.3 Å². The van der Waals surface area contributed by atoms with Crippen molar-refractivity contribution < 1.29 is 14.1 Å². The Morgan fingerprint density at radius 1 is 1.30 bits per heavy atom. The van der Waals surface area contributed by atoms with Gasteiger partial charge in [0.15, 0.2) is 6.10 Å². The highest BCUT2D eigenvalue weighted by Gasteiger charge is 2.27. The lowest BCUT2D eigenvalue weighted by Gasteiger charge is -2.35. The first-order valence-electron chi connectivity index (χ1n) is 9.67. The molecular weight excluding hydrogens is 402 g/mol. The van der Waals surface area contributed by atoms with Crippen molar-refractivity contribution in [1.82, 2.24) is 19.9 Å². The lowest BCUT2D eigenvalue weighted by molar-refractivity contribution is -0.139. The zero-order valence-electron chi connectivity index (χ0n) is 16.5. The number of hydrogen-bond donors (Lipinski definition) is 0. The Bertz CT molecular complexity index is 1040. The van der Waals surface area contributed by atoms with Crippen LogP contribution in [-0.2, 0) is 11.3 Å². The van der Waals surface area contributed by atoms with Crippen molar-refractivity contribution in [2.75, 3.05) is 26.2 Å². The molecule has 1 aliphatic heterocycles. The number of aromatic nitrogens is 2. The number of nitriles is 1. The van der Waals surface area contributed by atoms with E-state index in [0.717, 1.165) is 18.0 Å². The highest BCUT2D eigenvalue weighted by molar-refractivity contribution is 7.13. The van der Waals surface area contributed by atoms with Gasteiger partial charge in [-0.05, 0) is 36.6 Å². The fourth-order valence-electron chi connectivity index (χ4n) is 3.29. The van der Waals surface area contributed by atoms with Crippen molar-refractivity contribution in [2.24, 2.45) is 0 Å². The van der Waals surface area contributed by atoms with Gasteiger partial charge < -0.3 is 14.2 Å². The van der Waals surface area contributed by atoms with E-state index in [1.54, 1.807) is 47.4 Å². The topological polar surface area (TPSA) is 95.5 Å². The number of ether oxygens (including phenoxy) is 1. The van der Waals surface area contributed by atoms with Gasteiger partial charge in [-0.25, -0.2) is 0 Å². The first-order chi connectivity index (χ1) is 14.6. The molecule has 1 atom stereocenters. The van der Waals surface area contributed by atoms with Crippen LogP contribution in [0.15, 0.2) is 46.3 Å². The molecule has 3 aromatic rings. The number of nitrogens with zero attached hydrogens (tertiary/aromatic N) is 5. The largest absolute Gasteiger partial charge is 0.481 e.